The van der Waals surface area contributed by atoms with Crippen molar-refractivity contribution in [3.05, 3.63) is 48.5 Å². The van der Waals surface area contributed by atoms with Crippen LogP contribution >= 0.6 is 0 Å². The second kappa shape index (κ2) is 9.56. The van der Waals surface area contributed by atoms with Crippen molar-refractivity contribution in [2.24, 2.45) is 5.92 Å². The first kappa shape index (κ1) is 21.4. The number of imidazole rings is 1. The summed E-state index contributed by atoms with van der Waals surface area (Å²) in [5.41, 5.74) is 1.21. The second-order valence-corrected chi connectivity index (χ2v) is 7.75. The van der Waals surface area contributed by atoms with Crippen LogP contribution in [0.3, 0.4) is 0 Å². The van der Waals surface area contributed by atoms with E-state index in [1.54, 1.807) is 12.0 Å². The van der Waals surface area contributed by atoms with Gasteiger partial charge in [-0.05, 0) is 30.4 Å². The minimum atomic E-state index is -0.0601. The molecule has 2 aromatic heterocycles. The Morgan fingerprint density at radius 2 is 2.34 bits per heavy atom. The molecule has 2 aliphatic rings. The lowest BCUT2D eigenvalue weighted by Crippen LogP contribution is -2.30. The first-order valence-corrected chi connectivity index (χ1v) is 10.5. The Labute approximate surface area is 186 Å². The predicted molar refractivity (Wildman–Crippen MR) is 120 cm³/mol. The minimum Gasteiger partial charge on any atom is -0.497 e. The van der Waals surface area contributed by atoms with Crippen LogP contribution in [0.1, 0.15) is 25.6 Å². The van der Waals surface area contributed by atoms with Crippen LogP contribution in [0.5, 0.6) is 0 Å². The molecule has 2 N–H and O–H groups in total. The van der Waals surface area contributed by atoms with Crippen molar-refractivity contribution in [1.29, 1.82) is 0 Å². The summed E-state index contributed by atoms with van der Waals surface area (Å²) in [4.78, 5) is 29.7. The van der Waals surface area contributed by atoms with Gasteiger partial charge < -0.3 is 24.7 Å². The van der Waals surface area contributed by atoms with Crippen molar-refractivity contribution in [3.63, 3.8) is 0 Å². The third kappa shape index (κ3) is 4.75. The average molecular weight is 435 g/mol. The summed E-state index contributed by atoms with van der Waals surface area (Å²) < 4.78 is 11.2. The number of aromatic nitrogens is 4. The Kier molecular flexibility index (Phi) is 6.40. The summed E-state index contributed by atoms with van der Waals surface area (Å²) in [5, 5.41) is 3.38. The highest BCUT2D eigenvalue weighted by molar-refractivity contribution is 5.87. The smallest absolute Gasteiger partial charge is 0.246 e. The second-order valence-electron chi connectivity index (χ2n) is 7.75. The van der Waals surface area contributed by atoms with E-state index in [9.17, 15) is 4.79 Å². The lowest BCUT2D eigenvalue weighted by atomic mass is 10.0. The molecule has 0 spiro atoms. The van der Waals surface area contributed by atoms with Crippen LogP contribution in [-0.2, 0) is 14.3 Å². The maximum absolute atomic E-state index is 11.8. The average Bonchev–Trinajstić information content (AvgIpc) is 3.44. The van der Waals surface area contributed by atoms with E-state index in [2.05, 4.69) is 56.7 Å². The molecule has 32 heavy (non-hydrogen) atoms. The molecule has 2 unspecified atom stereocenters. The minimum absolute atomic E-state index is 0.0601. The molecule has 0 aromatic carbocycles. The standard InChI is InChI=1S/C23H26N6O3/c1-4-20(30)29-10-9-16(13-29)26-22-21-23(25-14-24-22)28-19(27-21)6-5-11-32-17-8-7-15(2)12-18(17)31-3/h4,7-8,14-16H,1,9-13H2,2-3H3,(H2,24,25,26,27,28). The number of carbonyl (C=O) groups is 1. The maximum atomic E-state index is 11.8. The number of carbonyl (C=O) groups excluding carboxylic acids is 1. The molecule has 1 fully saturated rings. The van der Waals surface area contributed by atoms with Gasteiger partial charge in [-0.1, -0.05) is 25.5 Å². The number of anilines is 1. The molecule has 2 aromatic rings. The van der Waals surface area contributed by atoms with E-state index >= 15 is 0 Å². The van der Waals surface area contributed by atoms with Crippen LogP contribution < -0.4 is 5.32 Å². The van der Waals surface area contributed by atoms with Gasteiger partial charge >= 0.3 is 0 Å². The molecular weight excluding hydrogens is 408 g/mol. The number of allylic oxidation sites excluding steroid dienone is 3. The summed E-state index contributed by atoms with van der Waals surface area (Å²) >= 11 is 0. The molecule has 3 heterocycles. The molecule has 0 bridgehead atoms. The zero-order chi connectivity index (χ0) is 22.5. The summed E-state index contributed by atoms with van der Waals surface area (Å²) in [6.45, 7) is 7.17. The highest BCUT2D eigenvalue weighted by Crippen LogP contribution is 2.24. The molecule has 9 heteroatoms. The molecule has 9 nitrogen and oxygen atoms in total. The number of methoxy groups -OCH3 is 1. The van der Waals surface area contributed by atoms with Crippen LogP contribution in [0, 0.1) is 17.8 Å². The number of hydrogen-bond acceptors (Lipinski definition) is 7. The van der Waals surface area contributed by atoms with Crippen molar-refractivity contribution in [2.45, 2.75) is 25.8 Å². The van der Waals surface area contributed by atoms with Gasteiger partial charge in [0.1, 0.15) is 24.2 Å². The number of fused-ring (bicyclic) bond motifs is 1. The Morgan fingerprint density at radius 1 is 1.47 bits per heavy atom. The number of likely N-dealkylation sites (tertiary alicyclic amines) is 1. The largest absolute Gasteiger partial charge is 0.497 e. The summed E-state index contributed by atoms with van der Waals surface area (Å²) in [6.07, 6.45) is 8.46. The first-order valence-electron chi connectivity index (χ1n) is 10.5. The van der Waals surface area contributed by atoms with Gasteiger partial charge in [0.25, 0.3) is 0 Å². The number of nitrogens with zero attached hydrogens (tertiary/aromatic N) is 4. The van der Waals surface area contributed by atoms with Crippen LogP contribution in [0.25, 0.3) is 11.2 Å². The topological polar surface area (TPSA) is 105 Å². The molecular formula is C23H26N6O3. The fourth-order valence-electron chi connectivity index (χ4n) is 3.75. The quantitative estimate of drug-likeness (QED) is 0.531. The predicted octanol–water partition coefficient (Wildman–Crippen LogP) is 2.37. The number of rotatable bonds is 6. The number of aromatic amines is 1. The Morgan fingerprint density at radius 3 is 3.16 bits per heavy atom. The molecule has 1 aliphatic carbocycles. The molecule has 1 saturated heterocycles. The van der Waals surface area contributed by atoms with E-state index in [-0.39, 0.29) is 18.6 Å². The number of amides is 1. The third-order valence-electron chi connectivity index (χ3n) is 5.42. The zero-order valence-corrected chi connectivity index (χ0v) is 18.2. The van der Waals surface area contributed by atoms with E-state index in [4.69, 9.17) is 9.47 Å². The van der Waals surface area contributed by atoms with Crippen LogP contribution in [0.4, 0.5) is 5.82 Å². The first-order chi connectivity index (χ1) is 15.6. The summed E-state index contributed by atoms with van der Waals surface area (Å²) in [6, 6.07) is 0.0951. The number of ether oxygens (including phenoxy) is 2. The van der Waals surface area contributed by atoms with Gasteiger partial charge in [0.05, 0.1) is 7.11 Å². The highest BCUT2D eigenvalue weighted by atomic mass is 16.5. The SMILES string of the molecule is C=CC(=O)N1CCC(Nc2ncnc3nc(C#CCOC4=C(OC)CC(C)C=C4)[nH]c23)C1. The van der Waals surface area contributed by atoms with E-state index in [0.717, 1.165) is 18.6 Å². The molecule has 166 valence electrons. The number of hydrogen-bond donors (Lipinski definition) is 2. The van der Waals surface area contributed by atoms with Crippen molar-refractivity contribution >= 4 is 22.9 Å². The van der Waals surface area contributed by atoms with E-state index in [0.29, 0.717) is 47.6 Å². The zero-order valence-electron chi connectivity index (χ0n) is 18.2. The molecule has 1 aliphatic heterocycles. The van der Waals surface area contributed by atoms with Gasteiger partial charge in [-0.2, -0.15) is 0 Å². The van der Waals surface area contributed by atoms with E-state index < -0.39 is 0 Å². The lowest BCUT2D eigenvalue weighted by Gasteiger charge is -2.18. The van der Waals surface area contributed by atoms with Gasteiger partial charge in [0, 0.05) is 25.6 Å². The fourth-order valence-corrected chi connectivity index (χ4v) is 3.75. The van der Waals surface area contributed by atoms with Crippen molar-refractivity contribution in [3.8, 4) is 11.8 Å². The Balaban J connectivity index is 1.41. The van der Waals surface area contributed by atoms with Crippen molar-refractivity contribution in [1.82, 2.24) is 24.8 Å². The van der Waals surface area contributed by atoms with Gasteiger partial charge in [0.2, 0.25) is 5.91 Å². The molecule has 2 atom stereocenters. The van der Waals surface area contributed by atoms with Gasteiger partial charge in [0.15, 0.2) is 23.0 Å². The highest BCUT2D eigenvalue weighted by Gasteiger charge is 2.25. The summed E-state index contributed by atoms with van der Waals surface area (Å²) in [7, 11) is 1.65. The number of nitrogens with one attached hydrogen (secondary N) is 2. The molecule has 0 saturated carbocycles. The Bertz CT molecular complexity index is 1140. The number of H-pyrrole nitrogens is 1. The van der Waals surface area contributed by atoms with Crippen molar-refractivity contribution in [2.75, 3.05) is 32.1 Å². The maximum Gasteiger partial charge on any atom is 0.246 e. The lowest BCUT2D eigenvalue weighted by molar-refractivity contribution is -0.125. The fraction of sp³-hybridized carbons (Fsp3) is 0.391. The molecule has 1 amide bonds. The Hall–Kier alpha value is -3.80. The molecule has 4 rings (SSSR count). The van der Waals surface area contributed by atoms with Crippen LogP contribution in [0.2, 0.25) is 0 Å². The van der Waals surface area contributed by atoms with Gasteiger partial charge in [-0.15, -0.1) is 0 Å². The monoisotopic (exact) mass is 434 g/mol. The van der Waals surface area contributed by atoms with Crippen LogP contribution in [-0.4, -0.2) is 63.6 Å². The van der Waals surface area contributed by atoms with Crippen LogP contribution in [0.15, 0.2) is 42.7 Å². The normalized spacial score (nSPS) is 20.1. The van der Waals surface area contributed by atoms with Gasteiger partial charge in [-0.3, -0.25) is 4.79 Å². The summed E-state index contributed by atoms with van der Waals surface area (Å²) in [5.74, 6) is 8.98. The van der Waals surface area contributed by atoms with E-state index in [1.165, 1.54) is 12.4 Å². The van der Waals surface area contributed by atoms with Crippen molar-refractivity contribution < 1.29 is 14.3 Å². The van der Waals surface area contributed by atoms with E-state index in [1.807, 2.05) is 6.08 Å². The third-order valence-corrected chi connectivity index (χ3v) is 5.42. The molecule has 0 radical (unpaired) electrons. The van der Waals surface area contributed by atoms with Gasteiger partial charge in [-0.25, -0.2) is 15.0 Å².